The van der Waals surface area contributed by atoms with Crippen molar-refractivity contribution in [2.24, 2.45) is 11.8 Å². The summed E-state index contributed by atoms with van der Waals surface area (Å²) in [5, 5.41) is 9.62. The van der Waals surface area contributed by atoms with Gasteiger partial charge in [0, 0.05) is 36.8 Å². The molecule has 18 heteroatoms. The number of piperidine rings is 2. The second-order valence-corrected chi connectivity index (χ2v) is 20.1. The third kappa shape index (κ3) is 11.2. The molecular weight excluding hydrogens is 841 g/mol. The van der Waals surface area contributed by atoms with Gasteiger partial charge >= 0.3 is 12.1 Å². The van der Waals surface area contributed by atoms with Crippen LogP contribution < -0.4 is 9.62 Å². The summed E-state index contributed by atoms with van der Waals surface area (Å²) in [5.41, 5.74) is -0.631. The van der Waals surface area contributed by atoms with Gasteiger partial charge < -0.3 is 10.0 Å². The lowest BCUT2D eigenvalue weighted by molar-refractivity contribution is -0.139. The normalized spacial score (nSPS) is 17.6. The van der Waals surface area contributed by atoms with Crippen molar-refractivity contribution in [2.45, 2.75) is 92.0 Å². The fourth-order valence-electron chi connectivity index (χ4n) is 7.00. The third-order valence-electron chi connectivity index (χ3n) is 10.0. The first-order valence-electron chi connectivity index (χ1n) is 17.6. The molecule has 1 aromatic carbocycles. The number of anilines is 1. The van der Waals surface area contributed by atoms with Crippen molar-refractivity contribution in [3.63, 3.8) is 0 Å². The highest BCUT2D eigenvalue weighted by atomic mass is 79.9. The van der Waals surface area contributed by atoms with Crippen molar-refractivity contribution in [3.05, 3.63) is 68.6 Å². The van der Waals surface area contributed by atoms with E-state index in [0.717, 1.165) is 68.9 Å². The van der Waals surface area contributed by atoms with E-state index in [2.05, 4.69) is 20.9 Å². The molecule has 2 aliphatic heterocycles. The highest BCUT2D eigenvalue weighted by Crippen LogP contribution is 2.39. The van der Waals surface area contributed by atoms with Gasteiger partial charge in [-0.05, 0) is 77.6 Å². The van der Waals surface area contributed by atoms with E-state index >= 15 is 0 Å². The van der Waals surface area contributed by atoms with Gasteiger partial charge in [0.2, 0.25) is 10.0 Å². The Hall–Kier alpha value is -2.28. The summed E-state index contributed by atoms with van der Waals surface area (Å²) in [6.45, 7) is 1.71. The number of alkyl halides is 3. The number of benzene rings is 1. The number of thiophene rings is 1. The number of nitrogens with zero attached hydrogens (tertiary/aromatic N) is 3. The van der Waals surface area contributed by atoms with Crippen LogP contribution in [0.1, 0.15) is 75.3 Å². The minimum Gasteiger partial charge on any atom is -0.480 e. The zero-order chi connectivity index (χ0) is 38.4. The molecule has 3 aromatic rings. The van der Waals surface area contributed by atoms with Crippen molar-refractivity contribution >= 4 is 70.7 Å². The Balaban J connectivity index is 1.05. The van der Waals surface area contributed by atoms with E-state index < -0.39 is 48.7 Å². The molecule has 5 rings (SSSR count). The number of pyridine rings is 1. The molecule has 0 amide bonds. The van der Waals surface area contributed by atoms with Crippen LogP contribution in [0.5, 0.6) is 0 Å². The number of nitrogens with one attached hydrogen (secondary N) is 1. The average Bonchev–Trinajstić information content (AvgIpc) is 3.47. The Labute approximate surface area is 326 Å². The summed E-state index contributed by atoms with van der Waals surface area (Å²) in [4.78, 5) is 16.6. The lowest BCUT2D eigenvalue weighted by Gasteiger charge is -2.34. The van der Waals surface area contributed by atoms with Crippen LogP contribution in [-0.2, 0) is 37.4 Å². The van der Waals surface area contributed by atoms with E-state index in [4.69, 9.17) is 11.6 Å². The second kappa shape index (κ2) is 18.1. The molecule has 0 aliphatic carbocycles. The first-order chi connectivity index (χ1) is 25.0. The summed E-state index contributed by atoms with van der Waals surface area (Å²) in [6, 6.07) is 8.81. The number of halogens is 5. The van der Waals surface area contributed by atoms with Crippen LogP contribution in [0, 0.1) is 11.8 Å². The Bertz CT molecular complexity index is 1900. The van der Waals surface area contributed by atoms with E-state index in [1.54, 1.807) is 45.6 Å². The molecule has 10 nitrogen and oxygen atoms in total. The van der Waals surface area contributed by atoms with Gasteiger partial charge in [0.15, 0.2) is 0 Å². The fourth-order valence-corrected chi connectivity index (χ4v) is 12.1. The highest BCUT2D eigenvalue weighted by Gasteiger charge is 2.39. The zero-order valence-corrected chi connectivity index (χ0v) is 33.7. The zero-order valence-electron chi connectivity index (χ0n) is 28.9. The molecule has 0 radical (unpaired) electrons. The van der Waals surface area contributed by atoms with Gasteiger partial charge in [-0.1, -0.05) is 80.5 Å². The lowest BCUT2D eigenvalue weighted by Crippen LogP contribution is -2.42. The van der Waals surface area contributed by atoms with Crippen molar-refractivity contribution in [1.29, 1.82) is 0 Å². The van der Waals surface area contributed by atoms with Crippen LogP contribution in [0.25, 0.3) is 0 Å². The standard InChI is InChI=1S/C35H43BrClF3N4O6S3/c36-29-22-31(51-32(29)37)53(49,50)44-18-14-25(15-19-44)9-5-2-1-4-8-24-12-16-43(17-13-24)33-28(35(38,39)40)21-27(23-41-33)52(47,48)42-30(34(45)46)20-26-10-6-3-7-11-26/h3,6-7,10-11,21-25,30,42H,1-2,4-5,8-9,12-20H2,(H,45,46). The topological polar surface area (TPSA) is 137 Å². The quantitative estimate of drug-likeness (QED) is 0.138. The predicted molar refractivity (Wildman–Crippen MR) is 202 cm³/mol. The van der Waals surface area contributed by atoms with E-state index in [1.807, 2.05) is 4.72 Å². The monoisotopic (exact) mass is 882 g/mol. The predicted octanol–water partition coefficient (Wildman–Crippen LogP) is 8.21. The number of carboxylic acid groups (broad SMARTS) is 1. The number of carbonyl (C=O) groups is 1. The van der Waals surface area contributed by atoms with E-state index in [9.17, 15) is 39.9 Å². The van der Waals surface area contributed by atoms with Gasteiger partial charge in [-0.2, -0.15) is 22.2 Å². The summed E-state index contributed by atoms with van der Waals surface area (Å²) in [6.07, 6.45) is 5.07. The molecule has 2 aliphatic rings. The highest BCUT2D eigenvalue weighted by molar-refractivity contribution is 9.10. The van der Waals surface area contributed by atoms with Crippen LogP contribution in [0.4, 0.5) is 19.0 Å². The number of carboxylic acids is 1. The van der Waals surface area contributed by atoms with Crippen molar-refractivity contribution in [1.82, 2.24) is 14.0 Å². The average molecular weight is 884 g/mol. The van der Waals surface area contributed by atoms with Crippen molar-refractivity contribution in [3.8, 4) is 0 Å². The molecule has 2 fully saturated rings. The first-order valence-corrected chi connectivity index (χ1v) is 22.5. The van der Waals surface area contributed by atoms with E-state index in [1.165, 1.54) is 0 Å². The lowest BCUT2D eigenvalue weighted by atomic mass is 9.89. The van der Waals surface area contributed by atoms with Crippen LogP contribution in [-0.4, -0.2) is 69.4 Å². The van der Waals surface area contributed by atoms with Gasteiger partial charge in [0.1, 0.15) is 25.3 Å². The summed E-state index contributed by atoms with van der Waals surface area (Å²) >= 11 is 10.4. The molecular formula is C35H43BrClF3N4O6S3. The fraction of sp³-hybridized carbons (Fsp3) is 0.543. The molecule has 0 bridgehead atoms. The van der Waals surface area contributed by atoms with Crippen LogP contribution >= 0.6 is 38.9 Å². The van der Waals surface area contributed by atoms with Crippen LogP contribution in [0.15, 0.2) is 62.2 Å². The van der Waals surface area contributed by atoms with Crippen molar-refractivity contribution < 1.29 is 39.9 Å². The summed E-state index contributed by atoms with van der Waals surface area (Å²) in [5.74, 6) is -0.931. The number of rotatable bonds is 16. The Morgan fingerprint density at radius 1 is 0.962 bits per heavy atom. The molecule has 1 unspecified atom stereocenters. The molecule has 2 aromatic heterocycles. The SMILES string of the molecule is O=C(O)C(Cc1ccccc1)NS(=O)(=O)c1cnc(N2CCC(CCCCCCC3CCN(S(=O)(=O)c4cc(Br)c(Cl)s4)CC3)CC2)c(C(F)(F)F)c1. The van der Waals surface area contributed by atoms with E-state index in [-0.39, 0.29) is 16.4 Å². The number of hydrogen-bond acceptors (Lipinski definition) is 8. The third-order valence-corrected chi connectivity index (χ3v) is 16.3. The minimum absolute atomic E-state index is 0.191. The molecule has 0 saturated carbocycles. The summed E-state index contributed by atoms with van der Waals surface area (Å²) in [7, 11) is -8.19. The van der Waals surface area contributed by atoms with Gasteiger partial charge in [-0.25, -0.2) is 21.8 Å². The van der Waals surface area contributed by atoms with Crippen molar-refractivity contribution in [2.75, 3.05) is 31.1 Å². The number of unbranched alkanes of at least 4 members (excludes halogenated alkanes) is 3. The Morgan fingerprint density at radius 3 is 2.08 bits per heavy atom. The Kier molecular flexibility index (Phi) is 14.3. The minimum atomic E-state index is -4.88. The molecule has 2 saturated heterocycles. The molecule has 292 valence electrons. The molecule has 53 heavy (non-hydrogen) atoms. The maximum atomic E-state index is 14.2. The smallest absolute Gasteiger partial charge is 0.420 e. The summed E-state index contributed by atoms with van der Waals surface area (Å²) < 4.78 is 99.7. The first kappa shape index (κ1) is 41.9. The Morgan fingerprint density at radius 2 is 1.55 bits per heavy atom. The maximum Gasteiger partial charge on any atom is 0.420 e. The largest absolute Gasteiger partial charge is 0.480 e. The van der Waals surface area contributed by atoms with Gasteiger partial charge in [-0.3, -0.25) is 4.79 Å². The van der Waals surface area contributed by atoms with Gasteiger partial charge in [0.25, 0.3) is 10.0 Å². The number of hydrogen-bond donors (Lipinski definition) is 2. The van der Waals surface area contributed by atoms with Gasteiger partial charge in [-0.15, -0.1) is 11.3 Å². The molecule has 1 atom stereocenters. The molecule has 0 spiro atoms. The van der Waals surface area contributed by atoms with Crippen LogP contribution in [0.3, 0.4) is 0 Å². The number of sulfonamides is 2. The second-order valence-electron chi connectivity index (χ2n) is 13.7. The van der Waals surface area contributed by atoms with Gasteiger partial charge in [0.05, 0.1) is 5.56 Å². The molecule has 4 heterocycles. The maximum absolute atomic E-state index is 14.2. The number of aliphatic carboxylic acids is 1. The van der Waals surface area contributed by atoms with E-state index in [0.29, 0.717) is 71.3 Å². The number of aromatic nitrogens is 1. The molecule has 2 N–H and O–H groups in total. The van der Waals surface area contributed by atoms with Crippen LogP contribution in [0.2, 0.25) is 4.34 Å².